The van der Waals surface area contributed by atoms with Crippen LogP contribution in [0.25, 0.3) is 10.2 Å². The van der Waals surface area contributed by atoms with E-state index in [-0.39, 0.29) is 12.0 Å². The first-order valence-corrected chi connectivity index (χ1v) is 8.07. The average molecular weight is 307 g/mol. The predicted molar refractivity (Wildman–Crippen MR) is 86.4 cm³/mol. The molecule has 0 atom stereocenters. The van der Waals surface area contributed by atoms with Crippen LogP contribution in [0.2, 0.25) is 0 Å². The van der Waals surface area contributed by atoms with E-state index >= 15 is 0 Å². The zero-order valence-electron chi connectivity index (χ0n) is 12.1. The van der Waals surface area contributed by atoms with Gasteiger partial charge in [-0.05, 0) is 25.8 Å². The zero-order valence-corrected chi connectivity index (χ0v) is 13.0. The Morgan fingerprint density at radius 3 is 2.81 bits per heavy atom. The first-order chi connectivity index (χ1) is 10.2. The van der Waals surface area contributed by atoms with Gasteiger partial charge in [0.05, 0.1) is 12.0 Å². The third-order valence-corrected chi connectivity index (χ3v) is 5.22. The molecule has 5 N–H and O–H groups in total. The summed E-state index contributed by atoms with van der Waals surface area (Å²) in [6.07, 6.45) is 4.51. The van der Waals surface area contributed by atoms with Crippen molar-refractivity contribution in [1.82, 2.24) is 9.97 Å². The Bertz CT molecular complexity index is 636. The molecule has 3 rings (SSSR count). The standard InChI is InChI=1S/C14H21N5OS/c1-9-6-10-11(17-13(19-15)18-12(10)21-9)16-7-14(8-20)4-2-3-5-14/h6,20H,2-5,7-8,15H2,1H3,(H2,16,17,18,19). The topological polar surface area (TPSA) is 96.1 Å². The van der Waals surface area contributed by atoms with Crippen molar-refractivity contribution in [3.8, 4) is 0 Å². The summed E-state index contributed by atoms with van der Waals surface area (Å²) in [5.41, 5.74) is 2.50. The van der Waals surface area contributed by atoms with E-state index in [9.17, 15) is 5.11 Å². The quantitative estimate of drug-likeness (QED) is 0.500. The number of hydrazine groups is 1. The van der Waals surface area contributed by atoms with Crippen LogP contribution in [0, 0.1) is 12.3 Å². The van der Waals surface area contributed by atoms with Gasteiger partial charge in [0.15, 0.2) is 0 Å². The maximum Gasteiger partial charge on any atom is 0.240 e. The minimum atomic E-state index is -0.0152. The summed E-state index contributed by atoms with van der Waals surface area (Å²) in [4.78, 5) is 10.9. The number of aromatic nitrogens is 2. The molecule has 2 aromatic rings. The van der Waals surface area contributed by atoms with Crippen LogP contribution >= 0.6 is 11.3 Å². The molecule has 0 bridgehead atoms. The molecule has 0 unspecified atom stereocenters. The zero-order chi connectivity index (χ0) is 14.9. The lowest BCUT2D eigenvalue weighted by atomic mass is 9.87. The van der Waals surface area contributed by atoms with E-state index in [1.807, 2.05) is 0 Å². The molecule has 2 heterocycles. The number of nitrogens with one attached hydrogen (secondary N) is 2. The van der Waals surface area contributed by atoms with Crippen molar-refractivity contribution in [2.24, 2.45) is 11.3 Å². The van der Waals surface area contributed by atoms with Gasteiger partial charge in [0.25, 0.3) is 0 Å². The fourth-order valence-corrected chi connectivity index (χ4v) is 3.91. The van der Waals surface area contributed by atoms with Crippen LogP contribution in [0.5, 0.6) is 0 Å². The normalized spacial score (nSPS) is 17.3. The second-order valence-electron chi connectivity index (χ2n) is 5.83. The molecule has 6 nitrogen and oxygen atoms in total. The van der Waals surface area contributed by atoms with Crippen molar-refractivity contribution in [2.45, 2.75) is 32.6 Å². The molecule has 0 amide bonds. The van der Waals surface area contributed by atoms with Crippen LogP contribution < -0.4 is 16.6 Å². The number of fused-ring (bicyclic) bond motifs is 1. The predicted octanol–water partition coefficient (Wildman–Crippen LogP) is 2.25. The molecule has 0 aliphatic heterocycles. The van der Waals surface area contributed by atoms with Crippen LogP contribution in [0.4, 0.5) is 11.8 Å². The van der Waals surface area contributed by atoms with Gasteiger partial charge >= 0.3 is 0 Å². The van der Waals surface area contributed by atoms with E-state index in [1.165, 1.54) is 17.7 Å². The van der Waals surface area contributed by atoms with E-state index in [0.29, 0.717) is 5.95 Å². The monoisotopic (exact) mass is 307 g/mol. The van der Waals surface area contributed by atoms with Gasteiger partial charge in [0.1, 0.15) is 10.6 Å². The van der Waals surface area contributed by atoms with Crippen LogP contribution in [0.15, 0.2) is 6.07 Å². The summed E-state index contributed by atoms with van der Waals surface area (Å²) in [5.74, 6) is 6.65. The number of rotatable bonds is 5. The highest BCUT2D eigenvalue weighted by Crippen LogP contribution is 2.38. The molecule has 0 aromatic carbocycles. The third kappa shape index (κ3) is 2.81. The summed E-state index contributed by atoms with van der Waals surface area (Å²) in [6, 6.07) is 2.09. The van der Waals surface area contributed by atoms with E-state index in [1.54, 1.807) is 11.3 Å². The van der Waals surface area contributed by atoms with Crippen LogP contribution in [0.3, 0.4) is 0 Å². The van der Waals surface area contributed by atoms with E-state index in [2.05, 4.69) is 33.7 Å². The van der Waals surface area contributed by atoms with Gasteiger partial charge in [-0.15, -0.1) is 11.3 Å². The Labute approximate surface area is 127 Å². The number of aryl methyl sites for hydroxylation is 1. The largest absolute Gasteiger partial charge is 0.396 e. The SMILES string of the molecule is Cc1cc2c(NCC3(CO)CCCC3)nc(NN)nc2s1. The van der Waals surface area contributed by atoms with E-state index in [0.717, 1.165) is 35.4 Å². The van der Waals surface area contributed by atoms with Crippen molar-refractivity contribution in [2.75, 3.05) is 23.9 Å². The summed E-state index contributed by atoms with van der Waals surface area (Å²) in [7, 11) is 0. The Morgan fingerprint density at radius 1 is 1.38 bits per heavy atom. The van der Waals surface area contributed by atoms with Crippen molar-refractivity contribution >= 4 is 33.3 Å². The summed E-state index contributed by atoms with van der Waals surface area (Å²) < 4.78 is 0. The number of nitrogens with two attached hydrogens (primary N) is 1. The Morgan fingerprint density at radius 2 is 2.14 bits per heavy atom. The molecule has 2 aromatic heterocycles. The van der Waals surface area contributed by atoms with Gasteiger partial charge in [-0.25, -0.2) is 10.8 Å². The van der Waals surface area contributed by atoms with E-state index < -0.39 is 0 Å². The highest BCUT2D eigenvalue weighted by molar-refractivity contribution is 7.18. The fourth-order valence-electron chi connectivity index (χ4n) is 3.03. The highest BCUT2D eigenvalue weighted by Gasteiger charge is 2.33. The molecule has 1 aliphatic rings. The fraction of sp³-hybridized carbons (Fsp3) is 0.571. The highest BCUT2D eigenvalue weighted by atomic mass is 32.1. The van der Waals surface area contributed by atoms with Gasteiger partial charge in [-0.2, -0.15) is 4.98 Å². The smallest absolute Gasteiger partial charge is 0.240 e. The molecule has 1 saturated carbocycles. The van der Waals surface area contributed by atoms with Crippen LogP contribution in [0.1, 0.15) is 30.6 Å². The summed E-state index contributed by atoms with van der Waals surface area (Å²) in [6.45, 7) is 3.01. The minimum absolute atomic E-state index is 0.0152. The molecule has 114 valence electrons. The number of aliphatic hydroxyl groups is 1. The number of hydrogen-bond donors (Lipinski definition) is 4. The molecular formula is C14H21N5OS. The van der Waals surface area contributed by atoms with Crippen LogP contribution in [-0.2, 0) is 0 Å². The van der Waals surface area contributed by atoms with Gasteiger partial charge in [-0.3, -0.25) is 5.43 Å². The lowest BCUT2D eigenvalue weighted by Crippen LogP contribution is -2.31. The number of anilines is 2. The number of aliphatic hydroxyl groups excluding tert-OH is 1. The first kappa shape index (κ1) is 14.5. The molecular weight excluding hydrogens is 286 g/mol. The van der Waals surface area contributed by atoms with Gasteiger partial charge in [0, 0.05) is 16.8 Å². The van der Waals surface area contributed by atoms with Crippen molar-refractivity contribution in [3.63, 3.8) is 0 Å². The second-order valence-corrected chi connectivity index (χ2v) is 7.07. The maximum absolute atomic E-state index is 9.71. The molecule has 1 fully saturated rings. The van der Waals surface area contributed by atoms with Crippen molar-refractivity contribution in [3.05, 3.63) is 10.9 Å². The van der Waals surface area contributed by atoms with Crippen molar-refractivity contribution < 1.29 is 5.11 Å². The average Bonchev–Trinajstić information content (AvgIpc) is 3.10. The minimum Gasteiger partial charge on any atom is -0.396 e. The summed E-state index contributed by atoms with van der Waals surface area (Å²) in [5, 5.41) is 14.1. The molecule has 0 radical (unpaired) electrons. The summed E-state index contributed by atoms with van der Waals surface area (Å²) >= 11 is 1.62. The number of thiophene rings is 1. The van der Waals surface area contributed by atoms with E-state index in [4.69, 9.17) is 5.84 Å². The van der Waals surface area contributed by atoms with Crippen molar-refractivity contribution in [1.29, 1.82) is 0 Å². The Balaban J connectivity index is 1.88. The van der Waals surface area contributed by atoms with Gasteiger partial charge < -0.3 is 10.4 Å². The third-order valence-electron chi connectivity index (χ3n) is 4.28. The number of nitrogen functional groups attached to an aromatic ring is 1. The molecule has 0 saturated heterocycles. The van der Waals surface area contributed by atoms with Gasteiger partial charge in [0.2, 0.25) is 5.95 Å². The lowest BCUT2D eigenvalue weighted by Gasteiger charge is -2.27. The Kier molecular flexibility index (Phi) is 3.97. The molecule has 1 aliphatic carbocycles. The molecule has 21 heavy (non-hydrogen) atoms. The van der Waals surface area contributed by atoms with Crippen LogP contribution in [-0.4, -0.2) is 28.2 Å². The lowest BCUT2D eigenvalue weighted by molar-refractivity contribution is 0.142. The number of hydrogen-bond acceptors (Lipinski definition) is 7. The molecule has 7 heteroatoms. The van der Waals surface area contributed by atoms with Gasteiger partial charge in [-0.1, -0.05) is 12.8 Å². The molecule has 0 spiro atoms. The Hall–Kier alpha value is -1.44. The number of nitrogens with zero attached hydrogens (tertiary/aromatic N) is 2. The maximum atomic E-state index is 9.71. The first-order valence-electron chi connectivity index (χ1n) is 7.25. The second kappa shape index (κ2) is 5.75.